The van der Waals surface area contributed by atoms with E-state index >= 15 is 0 Å². The molecule has 1 amide bonds. The third-order valence-corrected chi connectivity index (χ3v) is 4.66. The molecule has 0 spiro atoms. The molecule has 3 rings (SSSR count). The van der Waals surface area contributed by atoms with Gasteiger partial charge in [0.25, 0.3) is 5.69 Å². The van der Waals surface area contributed by atoms with Crippen molar-refractivity contribution in [3.63, 3.8) is 0 Å². The molecule has 1 aliphatic carbocycles. The highest BCUT2D eigenvalue weighted by atomic mass is 32.1. The fraction of sp³-hybridized carbons (Fsp3) is 0.250. The molecule has 0 saturated heterocycles. The molecule has 1 aromatic heterocycles. The normalized spacial score (nSPS) is 13.7. The number of hydrogen-bond acceptors (Lipinski definition) is 5. The second-order valence-corrected chi connectivity index (χ2v) is 6.35. The topological polar surface area (TPSA) is 85.1 Å². The standard InChI is InChI=1S/C16H15N3O3S/c20-15(9-8-11-4-3-5-12(10-11)19(21)22)18-16-17-13-6-1-2-7-14(13)23-16/h3-5,8-10H,1-2,6-7H2,(H,17,18,20). The zero-order valence-electron chi connectivity index (χ0n) is 12.3. The van der Waals surface area contributed by atoms with Crippen LogP contribution < -0.4 is 5.32 Å². The maximum absolute atomic E-state index is 12.0. The molecular weight excluding hydrogens is 314 g/mol. The summed E-state index contributed by atoms with van der Waals surface area (Å²) in [5.74, 6) is -0.289. The van der Waals surface area contributed by atoms with Gasteiger partial charge in [-0.05, 0) is 37.3 Å². The van der Waals surface area contributed by atoms with Crippen molar-refractivity contribution in [2.45, 2.75) is 25.7 Å². The van der Waals surface area contributed by atoms with Crippen molar-refractivity contribution < 1.29 is 9.72 Å². The Bertz CT molecular complexity index is 759. The van der Waals surface area contributed by atoms with Crippen molar-refractivity contribution in [2.75, 3.05) is 5.32 Å². The number of thiazole rings is 1. The van der Waals surface area contributed by atoms with E-state index in [1.54, 1.807) is 18.2 Å². The van der Waals surface area contributed by atoms with E-state index in [9.17, 15) is 14.9 Å². The second kappa shape index (κ2) is 6.70. The molecule has 0 saturated carbocycles. The van der Waals surface area contributed by atoms with Gasteiger partial charge in [0.05, 0.1) is 10.6 Å². The molecule has 0 radical (unpaired) electrons. The van der Waals surface area contributed by atoms with Gasteiger partial charge in [-0.2, -0.15) is 0 Å². The third kappa shape index (κ3) is 3.81. The molecule has 1 N–H and O–H groups in total. The van der Waals surface area contributed by atoms with Crippen molar-refractivity contribution >= 4 is 34.1 Å². The lowest BCUT2D eigenvalue weighted by molar-refractivity contribution is -0.384. The summed E-state index contributed by atoms with van der Waals surface area (Å²) in [6, 6.07) is 6.13. The largest absolute Gasteiger partial charge is 0.298 e. The van der Waals surface area contributed by atoms with Crippen LogP contribution >= 0.6 is 11.3 Å². The molecule has 7 heteroatoms. The van der Waals surface area contributed by atoms with Gasteiger partial charge in [-0.15, -0.1) is 11.3 Å². The van der Waals surface area contributed by atoms with Crippen molar-refractivity contribution in [3.8, 4) is 0 Å². The van der Waals surface area contributed by atoms with Gasteiger partial charge in [-0.25, -0.2) is 4.98 Å². The van der Waals surface area contributed by atoms with Crippen molar-refractivity contribution in [3.05, 3.63) is 56.6 Å². The fourth-order valence-electron chi connectivity index (χ4n) is 2.47. The highest BCUT2D eigenvalue weighted by Gasteiger charge is 2.15. The van der Waals surface area contributed by atoms with Gasteiger partial charge in [0.2, 0.25) is 5.91 Å². The first-order valence-electron chi connectivity index (χ1n) is 7.34. The zero-order valence-corrected chi connectivity index (χ0v) is 13.1. The number of aryl methyl sites for hydroxylation is 2. The number of amides is 1. The Morgan fingerprint density at radius 1 is 1.35 bits per heavy atom. The number of aromatic nitrogens is 1. The van der Waals surface area contributed by atoms with Crippen LogP contribution in [-0.2, 0) is 17.6 Å². The first kappa shape index (κ1) is 15.4. The van der Waals surface area contributed by atoms with Crippen LogP contribution in [0.25, 0.3) is 6.08 Å². The minimum atomic E-state index is -0.461. The van der Waals surface area contributed by atoms with Gasteiger partial charge in [-0.3, -0.25) is 20.2 Å². The predicted octanol–water partition coefficient (Wildman–Crippen LogP) is 3.58. The van der Waals surface area contributed by atoms with E-state index in [2.05, 4.69) is 10.3 Å². The summed E-state index contributed by atoms with van der Waals surface area (Å²) < 4.78 is 0. The average molecular weight is 329 g/mol. The van der Waals surface area contributed by atoms with Crippen molar-refractivity contribution in [1.29, 1.82) is 0 Å². The zero-order chi connectivity index (χ0) is 16.2. The SMILES string of the molecule is O=C(C=Cc1cccc([N+](=O)[O-])c1)Nc1nc2c(s1)CCCC2. The smallest absolute Gasteiger partial charge is 0.270 e. The molecule has 2 aromatic rings. The number of rotatable bonds is 4. The summed E-state index contributed by atoms with van der Waals surface area (Å²) >= 11 is 1.53. The molecule has 0 atom stereocenters. The Kier molecular flexibility index (Phi) is 4.47. The van der Waals surface area contributed by atoms with Gasteiger partial charge >= 0.3 is 0 Å². The second-order valence-electron chi connectivity index (χ2n) is 5.27. The van der Waals surface area contributed by atoms with Gasteiger partial charge in [-0.1, -0.05) is 12.1 Å². The Morgan fingerprint density at radius 2 is 2.17 bits per heavy atom. The average Bonchev–Trinajstić information content (AvgIpc) is 2.95. The Hall–Kier alpha value is -2.54. The van der Waals surface area contributed by atoms with Crippen LogP contribution in [0.5, 0.6) is 0 Å². The lowest BCUT2D eigenvalue weighted by atomic mass is 10.0. The lowest BCUT2D eigenvalue weighted by Crippen LogP contribution is -2.07. The number of carbonyl (C=O) groups excluding carboxylic acids is 1. The van der Waals surface area contributed by atoms with E-state index in [1.165, 1.54) is 40.8 Å². The van der Waals surface area contributed by atoms with Crippen molar-refractivity contribution in [1.82, 2.24) is 4.98 Å². The van der Waals surface area contributed by atoms with Crippen LogP contribution in [0.15, 0.2) is 30.3 Å². The number of hydrogen-bond donors (Lipinski definition) is 1. The van der Waals surface area contributed by atoms with Crippen LogP contribution in [0, 0.1) is 10.1 Å². The maximum Gasteiger partial charge on any atom is 0.270 e. The minimum Gasteiger partial charge on any atom is -0.298 e. The summed E-state index contributed by atoms with van der Waals surface area (Å²) in [4.78, 5) is 27.9. The Balaban J connectivity index is 1.66. The van der Waals surface area contributed by atoms with Crippen LogP contribution in [0.3, 0.4) is 0 Å². The molecule has 0 fully saturated rings. The maximum atomic E-state index is 12.0. The number of carbonyl (C=O) groups is 1. The molecule has 1 aromatic carbocycles. The van der Waals surface area contributed by atoms with E-state index in [0.717, 1.165) is 25.0 Å². The number of anilines is 1. The quantitative estimate of drug-likeness (QED) is 0.528. The molecule has 6 nitrogen and oxygen atoms in total. The van der Waals surface area contributed by atoms with E-state index < -0.39 is 4.92 Å². The Labute approximate surface area is 137 Å². The molecular formula is C16H15N3O3S. The lowest BCUT2D eigenvalue weighted by Gasteiger charge is -2.06. The third-order valence-electron chi connectivity index (χ3n) is 3.58. The summed E-state index contributed by atoms with van der Waals surface area (Å²) in [5.41, 5.74) is 1.70. The number of fused-ring (bicyclic) bond motifs is 1. The van der Waals surface area contributed by atoms with Gasteiger partial charge in [0.15, 0.2) is 5.13 Å². The summed E-state index contributed by atoms with van der Waals surface area (Å²) in [5, 5.41) is 14.1. The van der Waals surface area contributed by atoms with E-state index in [0.29, 0.717) is 10.7 Å². The van der Waals surface area contributed by atoms with Crippen molar-refractivity contribution in [2.24, 2.45) is 0 Å². The molecule has 0 aliphatic heterocycles. The van der Waals surface area contributed by atoms with Crippen LogP contribution in [0.1, 0.15) is 29.0 Å². The number of nitro groups is 1. The number of non-ortho nitro benzene ring substituents is 1. The van der Waals surface area contributed by atoms with Gasteiger partial charge in [0, 0.05) is 23.1 Å². The summed E-state index contributed by atoms with van der Waals surface area (Å²) in [6.45, 7) is 0. The van der Waals surface area contributed by atoms with Crippen LogP contribution in [0.4, 0.5) is 10.8 Å². The molecule has 0 bridgehead atoms. The van der Waals surface area contributed by atoms with E-state index in [4.69, 9.17) is 0 Å². The highest BCUT2D eigenvalue weighted by Crippen LogP contribution is 2.29. The first-order chi connectivity index (χ1) is 11.1. The monoisotopic (exact) mass is 329 g/mol. The minimum absolute atomic E-state index is 0.000145. The molecule has 23 heavy (non-hydrogen) atoms. The molecule has 0 unspecified atom stereocenters. The number of nitrogens with one attached hydrogen (secondary N) is 1. The van der Waals surface area contributed by atoms with E-state index in [1.807, 2.05) is 0 Å². The molecule has 1 heterocycles. The van der Waals surface area contributed by atoms with Gasteiger partial charge < -0.3 is 0 Å². The number of nitro benzene ring substituents is 1. The number of benzene rings is 1. The predicted molar refractivity (Wildman–Crippen MR) is 89.5 cm³/mol. The first-order valence-corrected chi connectivity index (χ1v) is 8.15. The highest BCUT2D eigenvalue weighted by molar-refractivity contribution is 7.15. The Morgan fingerprint density at radius 3 is 2.96 bits per heavy atom. The fourth-order valence-corrected chi connectivity index (χ4v) is 3.52. The summed E-state index contributed by atoms with van der Waals surface area (Å²) in [7, 11) is 0. The van der Waals surface area contributed by atoms with E-state index in [-0.39, 0.29) is 11.6 Å². The summed E-state index contributed by atoms with van der Waals surface area (Å²) in [6.07, 6.45) is 7.25. The molecule has 1 aliphatic rings. The van der Waals surface area contributed by atoms with Gasteiger partial charge in [0.1, 0.15) is 0 Å². The molecule has 118 valence electrons. The van der Waals surface area contributed by atoms with Crippen LogP contribution in [0.2, 0.25) is 0 Å². The van der Waals surface area contributed by atoms with Crippen LogP contribution in [-0.4, -0.2) is 15.8 Å². The number of nitrogens with zero attached hydrogens (tertiary/aromatic N) is 2.